The van der Waals surface area contributed by atoms with Crippen molar-refractivity contribution in [2.45, 2.75) is 31.8 Å². The van der Waals surface area contributed by atoms with Crippen molar-refractivity contribution in [1.82, 2.24) is 4.90 Å². The quantitative estimate of drug-likeness (QED) is 0.890. The van der Waals surface area contributed by atoms with Gasteiger partial charge in [0.2, 0.25) is 0 Å². The summed E-state index contributed by atoms with van der Waals surface area (Å²) in [5.74, 6) is -0.281. The van der Waals surface area contributed by atoms with Gasteiger partial charge in [-0.3, -0.25) is 4.90 Å². The molecule has 1 aromatic carbocycles. The molecule has 1 fully saturated rings. The van der Waals surface area contributed by atoms with E-state index in [-0.39, 0.29) is 18.5 Å². The number of nitriles is 1. The van der Waals surface area contributed by atoms with E-state index >= 15 is 0 Å². The summed E-state index contributed by atoms with van der Waals surface area (Å²) in [4.78, 5) is 2.10. The van der Waals surface area contributed by atoms with Crippen molar-refractivity contribution < 1.29 is 9.50 Å². The largest absolute Gasteiger partial charge is 0.395 e. The van der Waals surface area contributed by atoms with Gasteiger partial charge in [0, 0.05) is 18.2 Å². The minimum absolute atomic E-state index is 0.111. The molecule has 1 aliphatic heterocycles. The van der Waals surface area contributed by atoms with Crippen LogP contribution in [0.3, 0.4) is 0 Å². The maximum atomic E-state index is 13.7. The molecule has 1 aromatic rings. The van der Waals surface area contributed by atoms with E-state index in [1.807, 2.05) is 6.07 Å². The Morgan fingerprint density at radius 3 is 3.00 bits per heavy atom. The highest BCUT2D eigenvalue weighted by molar-refractivity contribution is 5.33. The Kier molecular flexibility index (Phi) is 4.29. The lowest BCUT2D eigenvalue weighted by atomic mass is 10.0. The Morgan fingerprint density at radius 1 is 1.44 bits per heavy atom. The van der Waals surface area contributed by atoms with Crippen LogP contribution in [0, 0.1) is 17.1 Å². The van der Waals surface area contributed by atoms with Crippen molar-refractivity contribution in [2.24, 2.45) is 0 Å². The first-order valence-electron chi connectivity index (χ1n) is 6.28. The van der Waals surface area contributed by atoms with Crippen molar-refractivity contribution in [2.75, 3.05) is 13.2 Å². The second kappa shape index (κ2) is 5.94. The summed E-state index contributed by atoms with van der Waals surface area (Å²) in [6, 6.07) is 6.56. The van der Waals surface area contributed by atoms with Gasteiger partial charge in [0.15, 0.2) is 0 Å². The summed E-state index contributed by atoms with van der Waals surface area (Å²) in [5, 5.41) is 18.2. The van der Waals surface area contributed by atoms with Crippen molar-refractivity contribution in [1.29, 1.82) is 5.26 Å². The molecule has 4 heteroatoms. The molecule has 18 heavy (non-hydrogen) atoms. The van der Waals surface area contributed by atoms with Gasteiger partial charge >= 0.3 is 0 Å². The molecule has 0 radical (unpaired) electrons. The molecule has 0 saturated carbocycles. The minimum Gasteiger partial charge on any atom is -0.395 e. The topological polar surface area (TPSA) is 47.3 Å². The Labute approximate surface area is 106 Å². The van der Waals surface area contributed by atoms with E-state index in [0.717, 1.165) is 25.8 Å². The number of likely N-dealkylation sites (tertiary alicyclic amines) is 1. The van der Waals surface area contributed by atoms with E-state index in [1.54, 1.807) is 6.07 Å². The highest BCUT2D eigenvalue weighted by Gasteiger charge is 2.22. The zero-order valence-electron chi connectivity index (χ0n) is 10.3. The van der Waals surface area contributed by atoms with Crippen molar-refractivity contribution >= 4 is 0 Å². The first-order valence-corrected chi connectivity index (χ1v) is 6.28. The lowest BCUT2D eigenvalue weighted by molar-refractivity contribution is 0.0832. The SMILES string of the molecule is N#Cc1ccc(F)c(CN2CCCC[C@H]2CO)c1. The number of aliphatic hydroxyl groups excluding tert-OH is 1. The van der Waals surface area contributed by atoms with Crippen LogP contribution in [0.4, 0.5) is 4.39 Å². The second-order valence-electron chi connectivity index (χ2n) is 4.72. The Balaban J connectivity index is 2.14. The second-order valence-corrected chi connectivity index (χ2v) is 4.72. The highest BCUT2D eigenvalue weighted by atomic mass is 19.1. The van der Waals surface area contributed by atoms with E-state index in [9.17, 15) is 9.50 Å². The van der Waals surface area contributed by atoms with Gasteiger partial charge in [0.1, 0.15) is 5.82 Å². The van der Waals surface area contributed by atoms with E-state index < -0.39 is 0 Å². The number of piperidine rings is 1. The van der Waals surface area contributed by atoms with Crippen molar-refractivity contribution in [3.05, 3.63) is 35.1 Å². The summed E-state index contributed by atoms with van der Waals surface area (Å²) in [6.07, 6.45) is 3.15. The van der Waals surface area contributed by atoms with Gasteiger partial charge in [0.05, 0.1) is 18.2 Å². The molecule has 0 unspecified atom stereocenters. The monoisotopic (exact) mass is 248 g/mol. The molecule has 96 valence electrons. The van der Waals surface area contributed by atoms with E-state index in [2.05, 4.69) is 4.90 Å². The molecule has 0 bridgehead atoms. The molecule has 1 saturated heterocycles. The number of hydrogen-bond donors (Lipinski definition) is 1. The summed E-state index contributed by atoms with van der Waals surface area (Å²) in [7, 11) is 0. The molecule has 0 aromatic heterocycles. The van der Waals surface area contributed by atoms with E-state index in [1.165, 1.54) is 12.1 Å². The lowest BCUT2D eigenvalue weighted by Gasteiger charge is -2.34. The van der Waals surface area contributed by atoms with Crippen molar-refractivity contribution in [3.63, 3.8) is 0 Å². The summed E-state index contributed by atoms with van der Waals surface area (Å²) in [5.41, 5.74) is 1.01. The first kappa shape index (κ1) is 13.0. The zero-order chi connectivity index (χ0) is 13.0. The predicted octanol–water partition coefficient (Wildman–Crippen LogP) is 2.04. The number of nitrogens with zero attached hydrogens (tertiary/aromatic N) is 2. The number of rotatable bonds is 3. The van der Waals surface area contributed by atoms with Crippen LogP contribution >= 0.6 is 0 Å². The number of aliphatic hydroxyl groups is 1. The van der Waals surface area contributed by atoms with Crippen LogP contribution in [-0.2, 0) is 6.54 Å². The number of benzene rings is 1. The zero-order valence-corrected chi connectivity index (χ0v) is 10.3. The van der Waals surface area contributed by atoms with E-state index in [4.69, 9.17) is 5.26 Å². The molecule has 1 N–H and O–H groups in total. The third kappa shape index (κ3) is 2.87. The Morgan fingerprint density at radius 2 is 2.28 bits per heavy atom. The molecular weight excluding hydrogens is 231 g/mol. The van der Waals surface area contributed by atoms with Gasteiger partial charge in [-0.25, -0.2) is 4.39 Å². The normalized spacial score (nSPS) is 20.6. The fraction of sp³-hybridized carbons (Fsp3) is 0.500. The molecule has 1 atom stereocenters. The minimum atomic E-state index is -0.281. The van der Waals surface area contributed by atoms with Crippen LogP contribution in [0.1, 0.15) is 30.4 Å². The third-order valence-electron chi connectivity index (χ3n) is 3.51. The summed E-state index contributed by atoms with van der Waals surface area (Å²) >= 11 is 0. The predicted molar refractivity (Wildman–Crippen MR) is 66.2 cm³/mol. The average Bonchev–Trinajstić information content (AvgIpc) is 2.42. The van der Waals surface area contributed by atoms with Gasteiger partial charge in [-0.05, 0) is 37.6 Å². The molecule has 1 aliphatic rings. The number of hydrogen-bond acceptors (Lipinski definition) is 3. The first-order chi connectivity index (χ1) is 8.74. The van der Waals surface area contributed by atoms with Crippen LogP contribution in [0.2, 0.25) is 0 Å². The van der Waals surface area contributed by atoms with Crippen LogP contribution in [0.15, 0.2) is 18.2 Å². The van der Waals surface area contributed by atoms with Gasteiger partial charge in [0.25, 0.3) is 0 Å². The van der Waals surface area contributed by atoms with Crippen LogP contribution in [0.5, 0.6) is 0 Å². The standard InChI is InChI=1S/C14H17FN2O/c15-14-5-4-11(8-16)7-12(14)9-17-6-2-1-3-13(17)10-18/h4-5,7,13,18H,1-3,6,9-10H2/t13-/m0/s1. The van der Waals surface area contributed by atoms with Gasteiger partial charge in [-0.15, -0.1) is 0 Å². The van der Waals surface area contributed by atoms with Gasteiger partial charge < -0.3 is 5.11 Å². The number of halogens is 1. The lowest BCUT2D eigenvalue weighted by Crippen LogP contribution is -2.41. The molecule has 3 nitrogen and oxygen atoms in total. The van der Waals surface area contributed by atoms with Crippen LogP contribution in [0.25, 0.3) is 0 Å². The van der Waals surface area contributed by atoms with E-state index in [0.29, 0.717) is 17.7 Å². The van der Waals surface area contributed by atoms with Crippen LogP contribution < -0.4 is 0 Å². The molecule has 1 heterocycles. The van der Waals surface area contributed by atoms with Crippen molar-refractivity contribution in [3.8, 4) is 6.07 Å². The molecular formula is C14H17FN2O. The molecule has 0 amide bonds. The van der Waals surface area contributed by atoms with Gasteiger partial charge in [-0.1, -0.05) is 6.42 Å². The maximum Gasteiger partial charge on any atom is 0.127 e. The Bertz CT molecular complexity index is 456. The fourth-order valence-electron chi connectivity index (χ4n) is 2.46. The highest BCUT2D eigenvalue weighted by Crippen LogP contribution is 2.21. The van der Waals surface area contributed by atoms with Gasteiger partial charge in [-0.2, -0.15) is 5.26 Å². The summed E-state index contributed by atoms with van der Waals surface area (Å²) in [6.45, 7) is 1.45. The summed E-state index contributed by atoms with van der Waals surface area (Å²) < 4.78 is 13.7. The molecule has 0 spiro atoms. The smallest absolute Gasteiger partial charge is 0.127 e. The Hall–Kier alpha value is -1.44. The average molecular weight is 248 g/mol. The third-order valence-corrected chi connectivity index (χ3v) is 3.51. The maximum absolute atomic E-state index is 13.7. The van der Waals surface area contributed by atoms with Crippen LogP contribution in [-0.4, -0.2) is 29.2 Å². The molecule has 2 rings (SSSR count). The fourth-order valence-corrected chi connectivity index (χ4v) is 2.46. The molecule has 0 aliphatic carbocycles.